The average Bonchev–Trinajstić information content (AvgIpc) is 3.06. The number of carbonyl (C=O) groups excluding carboxylic acids is 2. The van der Waals surface area contributed by atoms with Crippen LogP contribution in [0.25, 0.3) is 0 Å². The molecule has 0 unspecified atom stereocenters. The zero-order valence-corrected chi connectivity index (χ0v) is 15.5. The molecule has 0 saturated carbocycles. The van der Waals surface area contributed by atoms with Gasteiger partial charge in [0.05, 0.1) is 12.2 Å². The summed E-state index contributed by atoms with van der Waals surface area (Å²) in [6.45, 7) is 9.42. The second kappa shape index (κ2) is 7.06. The lowest BCUT2D eigenvalue weighted by Gasteiger charge is -2.37. The van der Waals surface area contributed by atoms with E-state index in [9.17, 15) is 9.59 Å². The molecule has 1 aromatic heterocycles. The number of nitrogens with zero attached hydrogens (tertiary/aromatic N) is 4. The van der Waals surface area contributed by atoms with Gasteiger partial charge in [-0.1, -0.05) is 0 Å². The Morgan fingerprint density at radius 2 is 2.04 bits per heavy atom. The average molecular weight is 348 g/mol. The topological polar surface area (TPSA) is 67.7 Å². The quantitative estimate of drug-likeness (QED) is 0.817. The number of likely N-dealkylation sites (N-methyl/N-ethyl adjacent to an activating group) is 1. The van der Waals surface area contributed by atoms with E-state index < -0.39 is 0 Å². The van der Waals surface area contributed by atoms with Crippen molar-refractivity contribution in [1.29, 1.82) is 0 Å². The summed E-state index contributed by atoms with van der Waals surface area (Å²) in [5, 5.41) is 4.43. The molecule has 2 saturated heterocycles. The van der Waals surface area contributed by atoms with Gasteiger partial charge in [-0.2, -0.15) is 5.10 Å². The van der Waals surface area contributed by atoms with Crippen LogP contribution in [0.3, 0.4) is 0 Å². The molecule has 1 spiro atoms. The Labute approximate surface area is 148 Å². The number of aromatic nitrogens is 2. The van der Waals surface area contributed by atoms with Gasteiger partial charge in [-0.25, -0.2) is 4.79 Å². The number of carbonyl (C=O) groups is 2. The SMILES string of the molecule is CCN1CC2(CCN(C(=O)CCCn3nc(C)cc3C)CC2)OC1=O. The van der Waals surface area contributed by atoms with Crippen molar-refractivity contribution in [2.24, 2.45) is 0 Å². The maximum absolute atomic E-state index is 12.4. The van der Waals surface area contributed by atoms with Gasteiger partial charge in [0.1, 0.15) is 5.60 Å². The third kappa shape index (κ3) is 3.80. The van der Waals surface area contributed by atoms with Crippen molar-refractivity contribution in [2.75, 3.05) is 26.2 Å². The number of hydrogen-bond donors (Lipinski definition) is 0. The summed E-state index contributed by atoms with van der Waals surface area (Å²) in [7, 11) is 0. The fourth-order valence-electron chi connectivity index (χ4n) is 3.80. The maximum atomic E-state index is 12.4. The molecule has 2 fully saturated rings. The standard InChI is InChI=1S/C18H28N4O3/c1-4-20-13-18(25-17(20)24)7-10-21(11-8-18)16(23)6-5-9-22-15(3)12-14(2)19-22/h12H,4-11,13H2,1-3H3. The smallest absolute Gasteiger partial charge is 0.410 e. The zero-order valence-electron chi connectivity index (χ0n) is 15.5. The second-order valence-electron chi connectivity index (χ2n) is 7.20. The molecule has 2 amide bonds. The number of amides is 2. The summed E-state index contributed by atoms with van der Waals surface area (Å²) in [5.74, 6) is 0.188. The minimum atomic E-state index is -0.381. The van der Waals surface area contributed by atoms with E-state index in [1.165, 1.54) is 0 Å². The Bertz CT molecular complexity index is 647. The molecular weight excluding hydrogens is 320 g/mol. The van der Waals surface area contributed by atoms with Crippen LogP contribution >= 0.6 is 0 Å². The summed E-state index contributed by atoms with van der Waals surface area (Å²) in [4.78, 5) is 27.9. The summed E-state index contributed by atoms with van der Waals surface area (Å²) in [5.41, 5.74) is 1.76. The van der Waals surface area contributed by atoms with Crippen LogP contribution in [0.4, 0.5) is 4.79 Å². The normalized spacial score (nSPS) is 19.6. The first-order chi connectivity index (χ1) is 11.9. The molecule has 7 heteroatoms. The van der Waals surface area contributed by atoms with Crippen LogP contribution in [0, 0.1) is 13.8 Å². The molecule has 0 N–H and O–H groups in total. The van der Waals surface area contributed by atoms with Crippen LogP contribution in [-0.2, 0) is 16.1 Å². The number of hydrogen-bond acceptors (Lipinski definition) is 4. The Morgan fingerprint density at radius 1 is 1.32 bits per heavy atom. The molecule has 3 heterocycles. The van der Waals surface area contributed by atoms with Crippen molar-refractivity contribution < 1.29 is 14.3 Å². The van der Waals surface area contributed by atoms with Crippen LogP contribution < -0.4 is 0 Å². The molecule has 3 rings (SSSR count). The lowest BCUT2D eigenvalue weighted by Crippen LogP contribution is -2.48. The van der Waals surface area contributed by atoms with Crippen molar-refractivity contribution in [3.8, 4) is 0 Å². The highest BCUT2D eigenvalue weighted by Gasteiger charge is 2.46. The van der Waals surface area contributed by atoms with Crippen molar-refractivity contribution in [3.63, 3.8) is 0 Å². The zero-order chi connectivity index (χ0) is 18.0. The predicted octanol–water partition coefficient (Wildman–Crippen LogP) is 2.11. The Kier molecular flexibility index (Phi) is 5.01. The van der Waals surface area contributed by atoms with E-state index in [0.29, 0.717) is 32.6 Å². The van der Waals surface area contributed by atoms with Crippen molar-refractivity contribution in [2.45, 2.75) is 58.6 Å². The summed E-state index contributed by atoms with van der Waals surface area (Å²) in [6.07, 6.45) is 2.58. The number of ether oxygens (including phenoxy) is 1. The largest absolute Gasteiger partial charge is 0.441 e. The molecule has 7 nitrogen and oxygen atoms in total. The van der Waals surface area contributed by atoms with E-state index >= 15 is 0 Å². The molecule has 0 bridgehead atoms. The van der Waals surface area contributed by atoms with Gasteiger partial charge >= 0.3 is 6.09 Å². The molecule has 1 aromatic rings. The number of piperidine rings is 1. The van der Waals surface area contributed by atoms with E-state index in [-0.39, 0.29) is 17.6 Å². The van der Waals surface area contributed by atoms with E-state index in [0.717, 1.165) is 37.2 Å². The van der Waals surface area contributed by atoms with Crippen LogP contribution in [0.15, 0.2) is 6.07 Å². The number of likely N-dealkylation sites (tertiary alicyclic amines) is 1. The minimum absolute atomic E-state index is 0.188. The molecule has 0 aliphatic carbocycles. The van der Waals surface area contributed by atoms with Crippen molar-refractivity contribution in [1.82, 2.24) is 19.6 Å². The third-order valence-electron chi connectivity index (χ3n) is 5.31. The first-order valence-corrected chi connectivity index (χ1v) is 9.19. The van der Waals surface area contributed by atoms with Crippen LogP contribution in [-0.4, -0.2) is 63.4 Å². The first kappa shape index (κ1) is 17.8. The predicted molar refractivity (Wildman–Crippen MR) is 93.2 cm³/mol. The van der Waals surface area contributed by atoms with Gasteiger partial charge in [-0.3, -0.25) is 9.48 Å². The third-order valence-corrected chi connectivity index (χ3v) is 5.31. The fraction of sp³-hybridized carbons (Fsp3) is 0.722. The van der Waals surface area contributed by atoms with Gasteiger partial charge in [-0.15, -0.1) is 0 Å². The highest BCUT2D eigenvalue weighted by molar-refractivity contribution is 5.76. The van der Waals surface area contributed by atoms with Crippen molar-refractivity contribution >= 4 is 12.0 Å². The Morgan fingerprint density at radius 3 is 2.60 bits per heavy atom. The second-order valence-corrected chi connectivity index (χ2v) is 7.20. The lowest BCUT2D eigenvalue weighted by molar-refractivity contribution is -0.134. The lowest BCUT2D eigenvalue weighted by atomic mass is 9.91. The van der Waals surface area contributed by atoms with Crippen LogP contribution in [0.2, 0.25) is 0 Å². The number of rotatable bonds is 5. The van der Waals surface area contributed by atoms with E-state index in [2.05, 4.69) is 5.10 Å². The molecule has 25 heavy (non-hydrogen) atoms. The summed E-state index contributed by atoms with van der Waals surface area (Å²) in [6, 6.07) is 2.05. The molecule has 2 aliphatic rings. The van der Waals surface area contributed by atoms with E-state index in [1.54, 1.807) is 4.90 Å². The summed E-state index contributed by atoms with van der Waals surface area (Å²) >= 11 is 0. The minimum Gasteiger partial charge on any atom is -0.441 e. The Balaban J connectivity index is 1.44. The molecule has 0 aromatic carbocycles. The van der Waals surface area contributed by atoms with Gasteiger partial charge in [0.2, 0.25) is 5.91 Å². The first-order valence-electron chi connectivity index (χ1n) is 9.19. The van der Waals surface area contributed by atoms with E-state index in [1.807, 2.05) is 36.4 Å². The van der Waals surface area contributed by atoms with Gasteiger partial charge < -0.3 is 14.5 Å². The fourth-order valence-corrected chi connectivity index (χ4v) is 3.80. The molecule has 2 aliphatic heterocycles. The van der Waals surface area contributed by atoms with E-state index in [4.69, 9.17) is 4.74 Å². The van der Waals surface area contributed by atoms with Gasteiger partial charge in [-0.05, 0) is 33.3 Å². The number of aryl methyl sites for hydroxylation is 3. The molecule has 138 valence electrons. The van der Waals surface area contributed by atoms with Gasteiger partial charge in [0.25, 0.3) is 0 Å². The van der Waals surface area contributed by atoms with Crippen molar-refractivity contribution in [3.05, 3.63) is 17.5 Å². The van der Waals surface area contributed by atoms with Gasteiger partial charge in [0.15, 0.2) is 0 Å². The van der Waals surface area contributed by atoms with Crippen LogP contribution in [0.1, 0.15) is 44.0 Å². The highest BCUT2D eigenvalue weighted by atomic mass is 16.6. The van der Waals surface area contributed by atoms with Gasteiger partial charge in [0, 0.05) is 51.1 Å². The molecular formula is C18H28N4O3. The highest BCUT2D eigenvalue weighted by Crippen LogP contribution is 2.33. The molecule has 0 atom stereocenters. The molecule has 0 radical (unpaired) electrons. The van der Waals surface area contributed by atoms with Crippen LogP contribution in [0.5, 0.6) is 0 Å². The maximum Gasteiger partial charge on any atom is 0.410 e. The monoisotopic (exact) mass is 348 g/mol. The Hall–Kier alpha value is -2.05. The summed E-state index contributed by atoms with van der Waals surface area (Å²) < 4.78 is 7.58.